The van der Waals surface area contributed by atoms with Crippen molar-refractivity contribution in [3.63, 3.8) is 0 Å². The minimum Gasteiger partial charge on any atom is -0.394 e. The van der Waals surface area contributed by atoms with Crippen molar-refractivity contribution in [2.45, 2.75) is 13.0 Å². The Kier molecular flexibility index (Phi) is 3.41. The maximum absolute atomic E-state index is 11.4. The first kappa shape index (κ1) is 10.5. The van der Waals surface area contributed by atoms with Crippen LogP contribution in [0.25, 0.3) is 0 Å². The second-order valence-electron chi connectivity index (χ2n) is 3.00. The molecule has 5 nitrogen and oxygen atoms in total. The molecule has 1 amide bonds. The van der Waals surface area contributed by atoms with Gasteiger partial charge in [0, 0.05) is 18.3 Å². The lowest BCUT2D eigenvalue weighted by Gasteiger charge is -2.09. The van der Waals surface area contributed by atoms with E-state index in [9.17, 15) is 9.59 Å². The van der Waals surface area contributed by atoms with Crippen molar-refractivity contribution in [1.82, 2.24) is 10.3 Å². The predicted octanol–water partition coefficient (Wildman–Crippen LogP) is -0.515. The van der Waals surface area contributed by atoms with Crippen molar-refractivity contribution in [3.8, 4) is 0 Å². The summed E-state index contributed by atoms with van der Waals surface area (Å²) in [4.78, 5) is 24.5. The summed E-state index contributed by atoms with van der Waals surface area (Å²) >= 11 is 0. The van der Waals surface area contributed by atoms with Gasteiger partial charge in [0.15, 0.2) is 0 Å². The molecule has 1 heterocycles. The van der Waals surface area contributed by atoms with E-state index in [0.29, 0.717) is 5.56 Å². The van der Waals surface area contributed by atoms with E-state index in [1.54, 1.807) is 6.92 Å². The zero-order valence-electron chi connectivity index (χ0n) is 7.78. The Balaban J connectivity index is 2.70. The fraction of sp³-hybridized carbons (Fsp3) is 0.333. The van der Waals surface area contributed by atoms with E-state index in [-0.39, 0.29) is 24.1 Å². The van der Waals surface area contributed by atoms with Crippen LogP contribution in [-0.2, 0) is 0 Å². The van der Waals surface area contributed by atoms with E-state index in [0.717, 1.165) is 0 Å². The number of H-pyrrole nitrogens is 1. The van der Waals surface area contributed by atoms with E-state index in [1.807, 2.05) is 0 Å². The van der Waals surface area contributed by atoms with Gasteiger partial charge < -0.3 is 15.4 Å². The number of aliphatic hydroxyl groups excluding tert-OH is 1. The second-order valence-corrected chi connectivity index (χ2v) is 3.00. The number of carbonyl (C=O) groups excluding carboxylic acids is 1. The molecular formula is C9H12N2O3. The number of aromatic nitrogens is 1. The van der Waals surface area contributed by atoms with Crippen LogP contribution < -0.4 is 10.9 Å². The first-order valence-electron chi connectivity index (χ1n) is 4.24. The number of pyridine rings is 1. The number of carbonyl (C=O) groups is 1. The summed E-state index contributed by atoms with van der Waals surface area (Å²) in [5.74, 6) is -0.317. The first-order chi connectivity index (χ1) is 6.63. The fourth-order valence-corrected chi connectivity index (χ4v) is 0.905. The maximum atomic E-state index is 11.4. The van der Waals surface area contributed by atoms with E-state index >= 15 is 0 Å². The highest BCUT2D eigenvalue weighted by Crippen LogP contribution is 1.93. The molecule has 3 N–H and O–H groups in total. The molecule has 0 aliphatic rings. The highest BCUT2D eigenvalue weighted by Gasteiger charge is 2.08. The second kappa shape index (κ2) is 4.57. The number of amides is 1. The van der Waals surface area contributed by atoms with Gasteiger partial charge in [-0.25, -0.2) is 0 Å². The van der Waals surface area contributed by atoms with Crippen LogP contribution in [-0.4, -0.2) is 28.6 Å². The summed E-state index contributed by atoms with van der Waals surface area (Å²) in [5, 5.41) is 11.3. The summed E-state index contributed by atoms with van der Waals surface area (Å²) in [7, 11) is 0. The molecule has 0 radical (unpaired) electrons. The number of hydrogen-bond acceptors (Lipinski definition) is 3. The largest absolute Gasteiger partial charge is 0.394 e. The molecule has 1 aromatic rings. The van der Waals surface area contributed by atoms with Crippen LogP contribution in [0.15, 0.2) is 23.1 Å². The normalized spacial score (nSPS) is 12.1. The molecule has 0 aliphatic heterocycles. The summed E-state index contributed by atoms with van der Waals surface area (Å²) in [6, 6.07) is 2.41. The smallest absolute Gasteiger partial charge is 0.253 e. The van der Waals surface area contributed by atoms with Gasteiger partial charge in [-0.05, 0) is 13.0 Å². The lowest BCUT2D eigenvalue weighted by molar-refractivity contribution is 0.0922. The van der Waals surface area contributed by atoms with Crippen LogP contribution in [0, 0.1) is 0 Å². The van der Waals surface area contributed by atoms with Crippen LogP contribution in [0.1, 0.15) is 17.3 Å². The van der Waals surface area contributed by atoms with Gasteiger partial charge in [-0.2, -0.15) is 0 Å². The molecule has 0 fully saturated rings. The highest BCUT2D eigenvalue weighted by molar-refractivity contribution is 5.93. The third-order valence-electron chi connectivity index (χ3n) is 1.70. The molecule has 0 aliphatic carbocycles. The molecule has 76 valence electrons. The standard InChI is InChI=1S/C9H12N2O3/c1-6(5-12)11-9(14)7-2-3-8(13)10-4-7/h2-4,6,12H,5H2,1H3,(H,10,13)(H,11,14)/t6-/m1/s1. The van der Waals surface area contributed by atoms with Gasteiger partial charge in [0.1, 0.15) is 0 Å². The number of hydrogen-bond donors (Lipinski definition) is 3. The molecule has 0 bridgehead atoms. The van der Waals surface area contributed by atoms with E-state index in [1.165, 1.54) is 18.3 Å². The zero-order chi connectivity index (χ0) is 10.6. The third-order valence-corrected chi connectivity index (χ3v) is 1.70. The lowest BCUT2D eigenvalue weighted by Crippen LogP contribution is -2.35. The Bertz CT molecular complexity index is 352. The van der Waals surface area contributed by atoms with E-state index in [4.69, 9.17) is 5.11 Å². The Labute approximate surface area is 80.8 Å². The van der Waals surface area contributed by atoms with Gasteiger partial charge in [0.2, 0.25) is 5.56 Å². The quantitative estimate of drug-likeness (QED) is 0.608. The fourth-order valence-electron chi connectivity index (χ4n) is 0.905. The van der Waals surface area contributed by atoms with Gasteiger partial charge in [-0.3, -0.25) is 9.59 Å². The van der Waals surface area contributed by atoms with Crippen molar-refractivity contribution in [1.29, 1.82) is 0 Å². The van der Waals surface area contributed by atoms with Crippen molar-refractivity contribution in [3.05, 3.63) is 34.2 Å². The molecule has 1 rings (SSSR count). The van der Waals surface area contributed by atoms with Gasteiger partial charge in [0.05, 0.1) is 12.2 Å². The Morgan fingerprint density at radius 3 is 2.86 bits per heavy atom. The summed E-state index contributed by atoms with van der Waals surface area (Å²) < 4.78 is 0. The number of aliphatic hydroxyl groups is 1. The molecule has 0 aromatic carbocycles. The number of aromatic amines is 1. The molecule has 0 spiro atoms. The van der Waals surface area contributed by atoms with E-state index < -0.39 is 0 Å². The van der Waals surface area contributed by atoms with Crippen LogP contribution in [0.3, 0.4) is 0 Å². The molecule has 14 heavy (non-hydrogen) atoms. The van der Waals surface area contributed by atoms with Crippen molar-refractivity contribution < 1.29 is 9.90 Å². The summed E-state index contributed by atoms with van der Waals surface area (Å²) in [6.45, 7) is 1.57. The van der Waals surface area contributed by atoms with Gasteiger partial charge in [0.25, 0.3) is 5.91 Å². The lowest BCUT2D eigenvalue weighted by atomic mass is 10.2. The molecule has 1 aromatic heterocycles. The monoisotopic (exact) mass is 196 g/mol. The average Bonchev–Trinajstić information content (AvgIpc) is 2.18. The molecule has 1 atom stereocenters. The Hall–Kier alpha value is -1.62. The number of nitrogens with one attached hydrogen (secondary N) is 2. The molecule has 0 unspecified atom stereocenters. The minimum atomic E-state index is -0.317. The molecular weight excluding hydrogens is 184 g/mol. The van der Waals surface area contributed by atoms with Gasteiger partial charge in [-0.1, -0.05) is 0 Å². The van der Waals surface area contributed by atoms with Crippen molar-refractivity contribution in [2.24, 2.45) is 0 Å². The third kappa shape index (κ3) is 2.70. The molecule has 0 saturated heterocycles. The van der Waals surface area contributed by atoms with Crippen LogP contribution in [0.4, 0.5) is 0 Å². The van der Waals surface area contributed by atoms with E-state index in [2.05, 4.69) is 10.3 Å². The van der Waals surface area contributed by atoms with Crippen LogP contribution >= 0.6 is 0 Å². The summed E-state index contributed by atoms with van der Waals surface area (Å²) in [6.07, 6.45) is 1.34. The maximum Gasteiger partial charge on any atom is 0.253 e. The first-order valence-corrected chi connectivity index (χ1v) is 4.24. The SMILES string of the molecule is C[C@H](CO)NC(=O)c1ccc(=O)[nH]c1. The highest BCUT2D eigenvalue weighted by atomic mass is 16.3. The topological polar surface area (TPSA) is 82.2 Å². The predicted molar refractivity (Wildman–Crippen MR) is 51.1 cm³/mol. The molecule has 0 saturated carbocycles. The van der Waals surface area contributed by atoms with Gasteiger partial charge in [-0.15, -0.1) is 0 Å². The van der Waals surface area contributed by atoms with Crippen molar-refractivity contribution >= 4 is 5.91 Å². The van der Waals surface area contributed by atoms with Gasteiger partial charge >= 0.3 is 0 Å². The van der Waals surface area contributed by atoms with Crippen molar-refractivity contribution in [2.75, 3.05) is 6.61 Å². The average molecular weight is 196 g/mol. The van der Waals surface area contributed by atoms with Crippen LogP contribution in [0.2, 0.25) is 0 Å². The number of rotatable bonds is 3. The van der Waals surface area contributed by atoms with Crippen LogP contribution in [0.5, 0.6) is 0 Å². The molecule has 5 heteroatoms. The minimum absolute atomic E-state index is 0.116. The Morgan fingerprint density at radius 2 is 2.36 bits per heavy atom. The zero-order valence-corrected chi connectivity index (χ0v) is 7.78. The Morgan fingerprint density at radius 1 is 1.64 bits per heavy atom. The summed E-state index contributed by atoms with van der Waals surface area (Å²) in [5.41, 5.74) is 0.113.